The van der Waals surface area contributed by atoms with E-state index in [9.17, 15) is 4.79 Å². The first-order valence-corrected chi connectivity index (χ1v) is 6.49. The Morgan fingerprint density at radius 3 is 2.53 bits per heavy atom. The molecule has 0 aliphatic carbocycles. The quantitative estimate of drug-likeness (QED) is 0.721. The van der Waals surface area contributed by atoms with Crippen LogP contribution < -0.4 is 15.8 Å². The van der Waals surface area contributed by atoms with Crippen molar-refractivity contribution in [2.45, 2.75) is 26.2 Å². The molecule has 19 heavy (non-hydrogen) atoms. The zero-order chi connectivity index (χ0) is 13.2. The number of rotatable bonds is 8. The Labute approximate surface area is 121 Å². The molecule has 0 saturated heterocycles. The van der Waals surface area contributed by atoms with E-state index in [2.05, 4.69) is 12.2 Å². The highest BCUT2D eigenvalue weighted by Gasteiger charge is 2.04. The van der Waals surface area contributed by atoms with Crippen molar-refractivity contribution >= 4 is 18.3 Å². The van der Waals surface area contributed by atoms with Crippen molar-refractivity contribution in [3.8, 4) is 5.75 Å². The van der Waals surface area contributed by atoms with Crippen molar-refractivity contribution in [1.29, 1.82) is 0 Å². The normalized spacial score (nSPS) is 9.58. The first kappa shape index (κ1) is 17.7. The topological polar surface area (TPSA) is 64.3 Å². The summed E-state index contributed by atoms with van der Waals surface area (Å²) in [4.78, 5) is 11.6. The van der Waals surface area contributed by atoms with Gasteiger partial charge in [-0.25, -0.2) is 0 Å². The zero-order valence-electron chi connectivity index (χ0n) is 11.4. The summed E-state index contributed by atoms with van der Waals surface area (Å²) in [5, 5.41) is 2.72. The van der Waals surface area contributed by atoms with Gasteiger partial charge in [-0.15, -0.1) is 12.4 Å². The fraction of sp³-hybridized carbons (Fsp3) is 0.500. The van der Waals surface area contributed by atoms with Gasteiger partial charge in [-0.1, -0.05) is 19.8 Å². The number of benzene rings is 1. The molecule has 5 heteroatoms. The van der Waals surface area contributed by atoms with Crippen molar-refractivity contribution in [2.75, 3.05) is 19.7 Å². The molecule has 0 radical (unpaired) electrons. The van der Waals surface area contributed by atoms with E-state index in [-0.39, 0.29) is 18.3 Å². The van der Waals surface area contributed by atoms with E-state index in [4.69, 9.17) is 10.5 Å². The third kappa shape index (κ3) is 7.03. The summed E-state index contributed by atoms with van der Waals surface area (Å²) in [5.41, 5.74) is 5.95. The Hall–Kier alpha value is -1.26. The molecule has 0 aliphatic rings. The monoisotopic (exact) mass is 286 g/mol. The Morgan fingerprint density at radius 2 is 1.95 bits per heavy atom. The molecule has 1 rings (SSSR count). The Bertz CT molecular complexity index is 355. The average Bonchev–Trinajstić information content (AvgIpc) is 2.41. The Morgan fingerprint density at radius 1 is 1.26 bits per heavy atom. The Kier molecular flexibility index (Phi) is 9.94. The second-order valence-corrected chi connectivity index (χ2v) is 4.12. The molecule has 4 nitrogen and oxygen atoms in total. The maximum atomic E-state index is 11.6. The number of hydrogen-bond donors (Lipinski definition) is 2. The molecule has 0 spiro atoms. The highest BCUT2D eigenvalue weighted by atomic mass is 35.5. The van der Waals surface area contributed by atoms with Gasteiger partial charge in [0.05, 0.1) is 6.61 Å². The lowest BCUT2D eigenvalue weighted by atomic mass is 10.2. The van der Waals surface area contributed by atoms with E-state index in [1.54, 1.807) is 12.1 Å². The van der Waals surface area contributed by atoms with Crippen LogP contribution in [-0.4, -0.2) is 25.6 Å². The summed E-state index contributed by atoms with van der Waals surface area (Å²) < 4.78 is 5.57. The molecule has 0 fully saturated rings. The van der Waals surface area contributed by atoms with Crippen LogP contribution in [0.3, 0.4) is 0 Å². The van der Waals surface area contributed by atoms with Crippen molar-refractivity contribution in [3.05, 3.63) is 29.8 Å². The van der Waals surface area contributed by atoms with Crippen molar-refractivity contribution < 1.29 is 9.53 Å². The van der Waals surface area contributed by atoms with Gasteiger partial charge >= 0.3 is 0 Å². The maximum absolute atomic E-state index is 11.6. The van der Waals surface area contributed by atoms with Crippen LogP contribution >= 0.6 is 12.4 Å². The van der Waals surface area contributed by atoms with Crippen molar-refractivity contribution in [2.24, 2.45) is 5.73 Å². The van der Waals surface area contributed by atoms with Gasteiger partial charge in [0.15, 0.2) is 0 Å². The lowest BCUT2D eigenvalue weighted by molar-refractivity contribution is 0.0954. The van der Waals surface area contributed by atoms with E-state index in [0.717, 1.165) is 18.8 Å². The molecular weight excluding hydrogens is 264 g/mol. The first-order valence-electron chi connectivity index (χ1n) is 6.49. The standard InChI is InChI=1S/C14H22N2O2.ClH/c1-2-3-4-11-18-13-7-5-12(6-8-13)14(17)16-10-9-15;/h5-8H,2-4,9-11,15H2,1H3,(H,16,17);1H. The SMILES string of the molecule is CCCCCOc1ccc(C(=O)NCCN)cc1.Cl. The van der Waals surface area contributed by atoms with Gasteiger partial charge in [-0.3, -0.25) is 4.79 Å². The lowest BCUT2D eigenvalue weighted by Crippen LogP contribution is -2.28. The number of nitrogens with one attached hydrogen (secondary N) is 1. The lowest BCUT2D eigenvalue weighted by Gasteiger charge is -2.07. The minimum atomic E-state index is -0.0991. The molecule has 0 unspecified atom stereocenters. The van der Waals surface area contributed by atoms with Gasteiger partial charge in [0.1, 0.15) is 5.75 Å². The van der Waals surface area contributed by atoms with E-state index < -0.39 is 0 Å². The summed E-state index contributed by atoms with van der Waals surface area (Å²) in [6, 6.07) is 7.18. The average molecular weight is 287 g/mol. The summed E-state index contributed by atoms with van der Waals surface area (Å²) in [5.74, 6) is 0.708. The molecule has 3 N–H and O–H groups in total. The molecule has 1 amide bonds. The molecule has 1 aromatic rings. The largest absolute Gasteiger partial charge is 0.494 e. The van der Waals surface area contributed by atoms with Gasteiger partial charge in [0, 0.05) is 18.7 Å². The van der Waals surface area contributed by atoms with Crippen LogP contribution in [-0.2, 0) is 0 Å². The number of carbonyl (C=O) groups excluding carboxylic acids is 1. The number of nitrogens with two attached hydrogens (primary N) is 1. The second-order valence-electron chi connectivity index (χ2n) is 4.12. The van der Waals surface area contributed by atoms with Crippen molar-refractivity contribution in [3.63, 3.8) is 0 Å². The minimum Gasteiger partial charge on any atom is -0.494 e. The molecule has 0 bridgehead atoms. The highest BCUT2D eigenvalue weighted by molar-refractivity contribution is 5.94. The number of unbranched alkanes of at least 4 members (excludes halogenated alkanes) is 2. The fourth-order valence-electron chi connectivity index (χ4n) is 1.53. The fourth-order valence-corrected chi connectivity index (χ4v) is 1.53. The number of halogens is 1. The van der Waals surface area contributed by atoms with Crippen LogP contribution in [0.5, 0.6) is 5.75 Å². The molecule has 0 aliphatic heterocycles. The molecule has 1 aromatic carbocycles. The Balaban J connectivity index is 0.00000324. The predicted molar refractivity (Wildman–Crippen MR) is 80.1 cm³/mol. The maximum Gasteiger partial charge on any atom is 0.251 e. The first-order chi connectivity index (χ1) is 8.77. The molecule has 0 heterocycles. The molecule has 108 valence electrons. The van der Waals surface area contributed by atoms with Gasteiger partial charge in [0.2, 0.25) is 0 Å². The zero-order valence-corrected chi connectivity index (χ0v) is 12.2. The summed E-state index contributed by atoms with van der Waals surface area (Å²) in [6.45, 7) is 3.83. The molecule has 0 saturated carbocycles. The molecular formula is C14H23ClN2O2. The number of amides is 1. The van der Waals surface area contributed by atoms with Crippen LogP contribution in [0, 0.1) is 0 Å². The van der Waals surface area contributed by atoms with Crippen molar-refractivity contribution in [1.82, 2.24) is 5.32 Å². The smallest absolute Gasteiger partial charge is 0.251 e. The highest BCUT2D eigenvalue weighted by Crippen LogP contribution is 2.12. The van der Waals surface area contributed by atoms with Crippen LogP contribution in [0.1, 0.15) is 36.5 Å². The third-order valence-electron chi connectivity index (χ3n) is 2.56. The predicted octanol–water partition coefficient (Wildman–Crippen LogP) is 2.37. The van der Waals surface area contributed by atoms with Gasteiger partial charge < -0.3 is 15.8 Å². The van der Waals surface area contributed by atoms with Crippen LogP contribution in [0.15, 0.2) is 24.3 Å². The van der Waals surface area contributed by atoms with Gasteiger partial charge in [0.25, 0.3) is 5.91 Å². The van der Waals surface area contributed by atoms with Crippen LogP contribution in [0.2, 0.25) is 0 Å². The summed E-state index contributed by atoms with van der Waals surface area (Å²) >= 11 is 0. The molecule has 0 atom stereocenters. The van der Waals surface area contributed by atoms with E-state index in [0.29, 0.717) is 18.7 Å². The number of ether oxygens (including phenoxy) is 1. The van der Waals surface area contributed by atoms with Crippen LogP contribution in [0.4, 0.5) is 0 Å². The van der Waals surface area contributed by atoms with E-state index in [1.165, 1.54) is 12.8 Å². The van der Waals surface area contributed by atoms with Gasteiger partial charge in [-0.2, -0.15) is 0 Å². The summed E-state index contributed by atoms with van der Waals surface area (Å²) in [6.07, 6.45) is 3.43. The van der Waals surface area contributed by atoms with Crippen LogP contribution in [0.25, 0.3) is 0 Å². The van der Waals surface area contributed by atoms with Gasteiger partial charge in [-0.05, 0) is 30.7 Å². The minimum absolute atomic E-state index is 0. The number of carbonyl (C=O) groups is 1. The second kappa shape index (κ2) is 10.6. The number of hydrogen-bond acceptors (Lipinski definition) is 3. The van der Waals surface area contributed by atoms with E-state index in [1.807, 2.05) is 12.1 Å². The third-order valence-corrected chi connectivity index (χ3v) is 2.56. The summed E-state index contributed by atoms with van der Waals surface area (Å²) in [7, 11) is 0. The molecule has 0 aromatic heterocycles. The van der Waals surface area contributed by atoms with E-state index >= 15 is 0 Å².